The van der Waals surface area contributed by atoms with E-state index in [0.29, 0.717) is 17.9 Å². The van der Waals surface area contributed by atoms with Crippen LogP contribution >= 0.6 is 11.6 Å². The Bertz CT molecular complexity index is 1320. The Hall–Kier alpha value is -4.25. The third-order valence-electron chi connectivity index (χ3n) is 5.89. The number of non-ortho nitro benzene ring substituents is 1. The summed E-state index contributed by atoms with van der Waals surface area (Å²) < 4.78 is 25.4. The minimum atomic E-state index is -1.23. The highest BCUT2D eigenvalue weighted by atomic mass is 35.5. The fourth-order valence-electron chi connectivity index (χ4n) is 4.04. The van der Waals surface area contributed by atoms with Gasteiger partial charge in [0.05, 0.1) is 23.1 Å². The number of ether oxygens (including phenoxy) is 2. The number of carbonyl (C=O) groups excluding carboxylic acids is 1. The molecule has 2 heterocycles. The molecule has 1 N–H and O–H groups in total. The Kier molecular flexibility index (Phi) is 7.83. The highest BCUT2D eigenvalue weighted by Gasteiger charge is 2.36. The number of esters is 1. The fourth-order valence-corrected chi connectivity index (χ4v) is 4.20. The monoisotopic (exact) mass is 529 g/mol. The van der Waals surface area contributed by atoms with Gasteiger partial charge < -0.3 is 14.6 Å². The first-order valence-electron chi connectivity index (χ1n) is 11.2. The van der Waals surface area contributed by atoms with Crippen LogP contribution < -0.4 is 4.74 Å². The topological polar surface area (TPSA) is 132 Å². The zero-order chi connectivity index (χ0) is 26.5. The van der Waals surface area contributed by atoms with E-state index in [0.717, 1.165) is 4.90 Å². The summed E-state index contributed by atoms with van der Waals surface area (Å²) in [5, 5.41) is 20.9. The highest BCUT2D eigenvalue weighted by Crippen LogP contribution is 2.36. The van der Waals surface area contributed by atoms with Crippen LogP contribution in [-0.2, 0) is 11.3 Å². The van der Waals surface area contributed by atoms with E-state index in [1.807, 2.05) is 0 Å². The zero-order valence-corrected chi connectivity index (χ0v) is 20.0. The largest absolute Gasteiger partial charge is 0.487 e. The number of likely N-dealkylation sites (tertiary alicyclic amines) is 1. The molecule has 192 valence electrons. The van der Waals surface area contributed by atoms with E-state index in [1.54, 1.807) is 18.2 Å². The van der Waals surface area contributed by atoms with E-state index >= 15 is 0 Å². The number of halogens is 2. The SMILES string of the molecule is O=C(OC1CCC(c2ncccc2OCc2ccc(Cl)cc2F)N(C(=O)O)C1)c1ccc([N+](=O)[O-])cc1. The molecule has 0 aliphatic carbocycles. The number of pyridine rings is 1. The van der Waals surface area contributed by atoms with Crippen molar-refractivity contribution in [3.63, 3.8) is 0 Å². The number of hydrogen-bond acceptors (Lipinski definition) is 7. The lowest BCUT2D eigenvalue weighted by Crippen LogP contribution is -2.45. The van der Waals surface area contributed by atoms with E-state index in [2.05, 4.69) is 4.98 Å². The van der Waals surface area contributed by atoms with Crippen LogP contribution in [0.5, 0.6) is 5.75 Å². The van der Waals surface area contributed by atoms with E-state index in [-0.39, 0.29) is 41.4 Å². The van der Waals surface area contributed by atoms with Crippen LogP contribution in [-0.4, -0.2) is 44.6 Å². The van der Waals surface area contributed by atoms with Crippen molar-refractivity contribution < 1.29 is 33.5 Å². The van der Waals surface area contributed by atoms with Gasteiger partial charge in [0, 0.05) is 28.9 Å². The van der Waals surface area contributed by atoms with Crippen LogP contribution in [0, 0.1) is 15.9 Å². The first-order chi connectivity index (χ1) is 17.7. The Labute approximate surface area is 215 Å². The van der Waals surface area contributed by atoms with E-state index in [9.17, 15) is 29.2 Å². The van der Waals surface area contributed by atoms with E-state index in [4.69, 9.17) is 21.1 Å². The highest BCUT2D eigenvalue weighted by molar-refractivity contribution is 6.30. The van der Waals surface area contributed by atoms with Gasteiger partial charge in [-0.25, -0.2) is 14.0 Å². The molecular weight excluding hydrogens is 509 g/mol. The van der Waals surface area contributed by atoms with Crippen molar-refractivity contribution in [2.24, 2.45) is 0 Å². The van der Waals surface area contributed by atoms with Gasteiger partial charge in [0.1, 0.15) is 30.0 Å². The average molecular weight is 530 g/mol. The predicted octanol–water partition coefficient (Wildman–Crippen LogP) is 5.40. The Morgan fingerprint density at radius 1 is 1.19 bits per heavy atom. The smallest absolute Gasteiger partial charge is 0.407 e. The lowest BCUT2D eigenvalue weighted by Gasteiger charge is -2.37. The van der Waals surface area contributed by atoms with Gasteiger partial charge in [-0.1, -0.05) is 17.7 Å². The summed E-state index contributed by atoms with van der Waals surface area (Å²) in [6, 6.07) is 11.7. The third-order valence-corrected chi connectivity index (χ3v) is 6.12. The van der Waals surface area contributed by atoms with Crippen molar-refractivity contribution in [3.05, 3.63) is 98.6 Å². The first-order valence-corrected chi connectivity index (χ1v) is 11.6. The fraction of sp³-hybridized carbons (Fsp3) is 0.240. The summed E-state index contributed by atoms with van der Waals surface area (Å²) in [7, 11) is 0. The van der Waals surface area contributed by atoms with Crippen LogP contribution in [0.4, 0.5) is 14.9 Å². The second-order valence-electron chi connectivity index (χ2n) is 8.27. The van der Waals surface area contributed by atoms with Gasteiger partial charge in [-0.05, 0) is 49.2 Å². The Morgan fingerprint density at radius 2 is 1.95 bits per heavy atom. The van der Waals surface area contributed by atoms with Crippen molar-refractivity contribution in [1.29, 1.82) is 0 Å². The number of piperidine rings is 1. The van der Waals surface area contributed by atoms with Crippen LogP contribution in [0.25, 0.3) is 0 Å². The molecule has 12 heteroatoms. The standard InChI is InChI=1S/C25H21ClFN3O7/c26-17-6-3-16(20(27)12-17)14-36-22-2-1-11-28-23(22)21-10-9-19(13-29(21)25(32)33)37-24(31)15-4-7-18(8-5-15)30(34)35/h1-8,11-12,19,21H,9-10,13-14H2,(H,32,33). The predicted molar refractivity (Wildman–Crippen MR) is 129 cm³/mol. The summed E-state index contributed by atoms with van der Waals surface area (Å²) in [6.45, 7) is -0.225. The van der Waals surface area contributed by atoms with Crippen LogP contribution in [0.2, 0.25) is 5.02 Å². The minimum Gasteiger partial charge on any atom is -0.487 e. The number of nitro groups is 1. The molecule has 1 saturated heterocycles. The van der Waals surface area contributed by atoms with Gasteiger partial charge in [-0.3, -0.25) is 20.0 Å². The number of rotatable bonds is 7. The third kappa shape index (κ3) is 6.12. The molecule has 0 radical (unpaired) electrons. The maximum Gasteiger partial charge on any atom is 0.407 e. The Morgan fingerprint density at radius 3 is 2.62 bits per heavy atom. The lowest BCUT2D eigenvalue weighted by atomic mass is 9.96. The molecule has 2 aromatic carbocycles. The molecule has 0 saturated carbocycles. The van der Waals surface area contributed by atoms with Crippen LogP contribution in [0.1, 0.15) is 40.5 Å². The molecule has 0 spiro atoms. The van der Waals surface area contributed by atoms with Gasteiger partial charge in [-0.2, -0.15) is 0 Å². The summed E-state index contributed by atoms with van der Waals surface area (Å²) in [5.41, 5.74) is 0.585. The maximum absolute atomic E-state index is 14.2. The van der Waals surface area contributed by atoms with Gasteiger partial charge in [0.2, 0.25) is 0 Å². The molecule has 1 amide bonds. The number of hydrogen-bond donors (Lipinski definition) is 1. The molecule has 1 aliphatic heterocycles. The van der Waals surface area contributed by atoms with Gasteiger partial charge in [-0.15, -0.1) is 0 Å². The molecule has 4 rings (SSSR count). The van der Waals surface area contributed by atoms with Crippen molar-refractivity contribution in [2.45, 2.75) is 31.6 Å². The summed E-state index contributed by atoms with van der Waals surface area (Å²) in [6.07, 6.45) is 0.168. The van der Waals surface area contributed by atoms with Crippen molar-refractivity contribution in [3.8, 4) is 5.75 Å². The minimum absolute atomic E-state index is 0.111. The quantitative estimate of drug-likeness (QED) is 0.244. The molecule has 3 aromatic rings. The molecule has 10 nitrogen and oxygen atoms in total. The van der Waals surface area contributed by atoms with Gasteiger partial charge in [0.25, 0.3) is 5.69 Å². The second-order valence-corrected chi connectivity index (χ2v) is 8.71. The van der Waals surface area contributed by atoms with E-state index < -0.39 is 34.9 Å². The second kappa shape index (κ2) is 11.2. The number of benzene rings is 2. The molecule has 0 bridgehead atoms. The number of aromatic nitrogens is 1. The number of nitrogens with zero attached hydrogens (tertiary/aromatic N) is 3. The maximum atomic E-state index is 14.2. The molecule has 2 atom stereocenters. The number of carboxylic acid groups (broad SMARTS) is 1. The van der Waals surface area contributed by atoms with Gasteiger partial charge in [0.15, 0.2) is 0 Å². The molecule has 37 heavy (non-hydrogen) atoms. The van der Waals surface area contributed by atoms with Crippen molar-refractivity contribution in [1.82, 2.24) is 9.88 Å². The molecule has 1 fully saturated rings. The summed E-state index contributed by atoms with van der Waals surface area (Å²) in [5.74, 6) is -0.939. The normalized spacial score (nSPS) is 17.2. The summed E-state index contributed by atoms with van der Waals surface area (Å²) >= 11 is 5.79. The van der Waals surface area contributed by atoms with Crippen LogP contribution in [0.15, 0.2) is 60.8 Å². The first kappa shape index (κ1) is 25.8. The van der Waals surface area contributed by atoms with Crippen molar-refractivity contribution in [2.75, 3.05) is 6.54 Å². The van der Waals surface area contributed by atoms with Crippen LogP contribution in [0.3, 0.4) is 0 Å². The average Bonchev–Trinajstić information content (AvgIpc) is 2.88. The lowest BCUT2D eigenvalue weighted by molar-refractivity contribution is -0.384. The number of amides is 1. The number of carbonyl (C=O) groups is 2. The molecule has 1 aliphatic rings. The molecular formula is C25H21ClFN3O7. The number of nitro benzene ring substituents is 1. The molecule has 1 aromatic heterocycles. The zero-order valence-electron chi connectivity index (χ0n) is 19.3. The van der Waals surface area contributed by atoms with Crippen molar-refractivity contribution >= 4 is 29.4 Å². The van der Waals surface area contributed by atoms with Gasteiger partial charge >= 0.3 is 12.1 Å². The summed E-state index contributed by atoms with van der Waals surface area (Å²) in [4.78, 5) is 40.3. The molecule has 2 unspecified atom stereocenters. The Balaban J connectivity index is 1.46. The van der Waals surface area contributed by atoms with E-state index in [1.165, 1.54) is 42.6 Å².